The fourth-order valence-electron chi connectivity index (χ4n) is 2.40. The van der Waals surface area contributed by atoms with Gasteiger partial charge in [-0.05, 0) is 48.9 Å². The number of ether oxygens (including phenoxy) is 1. The number of nitrogens with two attached hydrogens (primary N) is 1. The lowest BCUT2D eigenvalue weighted by atomic mass is 9.94. The minimum atomic E-state index is 0.0969. The first-order valence-corrected chi connectivity index (χ1v) is 7.64. The quantitative estimate of drug-likeness (QED) is 0.734. The van der Waals surface area contributed by atoms with Gasteiger partial charge >= 0.3 is 0 Å². The van der Waals surface area contributed by atoms with E-state index in [0.717, 1.165) is 18.6 Å². The van der Waals surface area contributed by atoms with Gasteiger partial charge in [-0.25, -0.2) is 0 Å². The van der Waals surface area contributed by atoms with E-state index in [1.165, 1.54) is 5.56 Å². The molecule has 0 heterocycles. The van der Waals surface area contributed by atoms with Crippen LogP contribution in [0.4, 0.5) is 0 Å². The minimum absolute atomic E-state index is 0.0969. The van der Waals surface area contributed by atoms with Crippen LogP contribution in [0.15, 0.2) is 24.3 Å². The van der Waals surface area contributed by atoms with Crippen LogP contribution in [0.1, 0.15) is 32.3 Å². The van der Waals surface area contributed by atoms with E-state index >= 15 is 0 Å². The highest BCUT2D eigenvalue weighted by Gasteiger charge is 2.13. The highest BCUT2D eigenvalue weighted by Crippen LogP contribution is 2.14. The Balaban J connectivity index is 2.28. The second kappa shape index (κ2) is 9.40. The second-order valence-electron chi connectivity index (χ2n) is 5.88. The number of carbonyl (C=O) groups excluding carboxylic acids is 1. The molecule has 0 radical (unpaired) electrons. The topological polar surface area (TPSA) is 64.3 Å². The predicted octanol–water partition coefficient (Wildman–Crippen LogP) is 2.37. The van der Waals surface area contributed by atoms with Gasteiger partial charge in [-0.3, -0.25) is 4.79 Å². The number of nitrogens with one attached hydrogen (secondary N) is 1. The van der Waals surface area contributed by atoms with Crippen LogP contribution >= 0.6 is 0 Å². The first-order chi connectivity index (χ1) is 10.0. The molecule has 0 aliphatic carbocycles. The molecular formula is C17H28N2O2. The number of rotatable bonds is 9. The first kappa shape index (κ1) is 17.5. The fraction of sp³-hybridized carbons (Fsp3) is 0.588. The number of methoxy groups -OCH3 is 1. The number of hydrogen-bond acceptors (Lipinski definition) is 3. The van der Waals surface area contributed by atoms with Crippen molar-refractivity contribution in [3.8, 4) is 5.75 Å². The lowest BCUT2D eigenvalue weighted by Gasteiger charge is -2.16. The molecule has 0 saturated carbocycles. The summed E-state index contributed by atoms with van der Waals surface area (Å²) in [5.41, 5.74) is 6.91. The van der Waals surface area contributed by atoms with Gasteiger partial charge in [0.2, 0.25) is 5.91 Å². The summed E-state index contributed by atoms with van der Waals surface area (Å²) in [5, 5.41) is 2.97. The standard InChI is InChI=1S/C17H28N2O2/c1-13(2)10-15(12-18)11-17(20)19-9-8-14-4-6-16(21-3)7-5-14/h4-7,13,15H,8-12,18H2,1-3H3,(H,19,20)/t15-/m0/s1. The molecular weight excluding hydrogens is 264 g/mol. The van der Waals surface area contributed by atoms with E-state index in [0.29, 0.717) is 25.4 Å². The summed E-state index contributed by atoms with van der Waals surface area (Å²) in [6.07, 6.45) is 2.35. The molecule has 0 spiro atoms. The van der Waals surface area contributed by atoms with Crippen LogP contribution in [-0.4, -0.2) is 26.1 Å². The Bertz CT molecular complexity index is 415. The maximum atomic E-state index is 11.9. The largest absolute Gasteiger partial charge is 0.497 e. The van der Waals surface area contributed by atoms with E-state index in [1.54, 1.807) is 7.11 Å². The molecule has 1 rings (SSSR count). The summed E-state index contributed by atoms with van der Waals surface area (Å²) in [7, 11) is 1.65. The molecule has 0 bridgehead atoms. The molecule has 0 aliphatic rings. The van der Waals surface area contributed by atoms with Crippen LogP contribution in [0.5, 0.6) is 5.75 Å². The van der Waals surface area contributed by atoms with E-state index in [1.807, 2.05) is 24.3 Å². The highest BCUT2D eigenvalue weighted by atomic mass is 16.5. The molecule has 118 valence electrons. The Morgan fingerprint density at radius 3 is 2.48 bits per heavy atom. The maximum Gasteiger partial charge on any atom is 0.220 e. The van der Waals surface area contributed by atoms with Crippen molar-refractivity contribution in [2.24, 2.45) is 17.6 Å². The molecule has 0 unspecified atom stereocenters. The van der Waals surface area contributed by atoms with Crippen molar-refractivity contribution >= 4 is 5.91 Å². The zero-order chi connectivity index (χ0) is 15.7. The Morgan fingerprint density at radius 2 is 1.95 bits per heavy atom. The third kappa shape index (κ3) is 7.14. The summed E-state index contributed by atoms with van der Waals surface area (Å²) in [4.78, 5) is 11.9. The summed E-state index contributed by atoms with van der Waals surface area (Å²) < 4.78 is 5.12. The van der Waals surface area contributed by atoms with E-state index in [-0.39, 0.29) is 11.8 Å². The molecule has 1 amide bonds. The Hall–Kier alpha value is -1.55. The van der Waals surface area contributed by atoms with Gasteiger partial charge < -0.3 is 15.8 Å². The van der Waals surface area contributed by atoms with Gasteiger partial charge in [0.1, 0.15) is 5.75 Å². The van der Waals surface area contributed by atoms with Crippen LogP contribution in [0, 0.1) is 11.8 Å². The third-order valence-corrected chi connectivity index (χ3v) is 3.51. The molecule has 0 fully saturated rings. The van der Waals surface area contributed by atoms with Crippen molar-refractivity contribution < 1.29 is 9.53 Å². The van der Waals surface area contributed by atoms with Crippen LogP contribution in [0.3, 0.4) is 0 Å². The smallest absolute Gasteiger partial charge is 0.220 e. The summed E-state index contributed by atoms with van der Waals surface area (Å²) in [6, 6.07) is 7.91. The highest BCUT2D eigenvalue weighted by molar-refractivity contribution is 5.76. The molecule has 1 aromatic carbocycles. The van der Waals surface area contributed by atoms with Crippen molar-refractivity contribution in [3.05, 3.63) is 29.8 Å². The average molecular weight is 292 g/mol. The van der Waals surface area contributed by atoms with Gasteiger partial charge in [0.05, 0.1) is 7.11 Å². The van der Waals surface area contributed by atoms with Crippen LogP contribution in [0.25, 0.3) is 0 Å². The van der Waals surface area contributed by atoms with Gasteiger partial charge in [-0.1, -0.05) is 26.0 Å². The lowest BCUT2D eigenvalue weighted by molar-refractivity contribution is -0.122. The fourth-order valence-corrected chi connectivity index (χ4v) is 2.40. The van der Waals surface area contributed by atoms with Gasteiger partial charge in [-0.15, -0.1) is 0 Å². The Labute approximate surface area is 128 Å². The van der Waals surface area contributed by atoms with E-state index in [9.17, 15) is 4.79 Å². The molecule has 0 aromatic heterocycles. The van der Waals surface area contributed by atoms with Gasteiger partial charge in [0.25, 0.3) is 0 Å². The summed E-state index contributed by atoms with van der Waals surface area (Å²) in [5.74, 6) is 1.80. The monoisotopic (exact) mass is 292 g/mol. The summed E-state index contributed by atoms with van der Waals surface area (Å²) >= 11 is 0. The van der Waals surface area contributed by atoms with E-state index < -0.39 is 0 Å². The molecule has 21 heavy (non-hydrogen) atoms. The third-order valence-electron chi connectivity index (χ3n) is 3.51. The van der Waals surface area contributed by atoms with Crippen LogP contribution in [-0.2, 0) is 11.2 Å². The van der Waals surface area contributed by atoms with Crippen molar-refractivity contribution in [2.45, 2.75) is 33.1 Å². The molecule has 4 nitrogen and oxygen atoms in total. The maximum absolute atomic E-state index is 11.9. The molecule has 0 aliphatic heterocycles. The lowest BCUT2D eigenvalue weighted by Crippen LogP contribution is -2.30. The predicted molar refractivity (Wildman–Crippen MR) is 86.3 cm³/mol. The second-order valence-corrected chi connectivity index (χ2v) is 5.88. The Morgan fingerprint density at radius 1 is 1.29 bits per heavy atom. The van der Waals surface area contributed by atoms with E-state index in [2.05, 4.69) is 19.2 Å². The normalized spacial score (nSPS) is 12.2. The minimum Gasteiger partial charge on any atom is -0.497 e. The van der Waals surface area contributed by atoms with Crippen LogP contribution in [0.2, 0.25) is 0 Å². The number of carbonyl (C=O) groups is 1. The first-order valence-electron chi connectivity index (χ1n) is 7.64. The zero-order valence-electron chi connectivity index (χ0n) is 13.4. The number of amides is 1. The van der Waals surface area contributed by atoms with Crippen LogP contribution < -0.4 is 15.8 Å². The molecule has 3 N–H and O–H groups in total. The van der Waals surface area contributed by atoms with Crippen molar-refractivity contribution in [3.63, 3.8) is 0 Å². The Kier molecular flexibility index (Phi) is 7.83. The van der Waals surface area contributed by atoms with E-state index in [4.69, 9.17) is 10.5 Å². The molecule has 1 aromatic rings. The van der Waals surface area contributed by atoms with Crippen molar-refractivity contribution in [2.75, 3.05) is 20.2 Å². The van der Waals surface area contributed by atoms with Gasteiger partial charge in [-0.2, -0.15) is 0 Å². The molecule has 0 saturated heterocycles. The van der Waals surface area contributed by atoms with Gasteiger partial charge in [0.15, 0.2) is 0 Å². The average Bonchev–Trinajstić information content (AvgIpc) is 2.46. The zero-order valence-corrected chi connectivity index (χ0v) is 13.4. The SMILES string of the molecule is COc1ccc(CCNC(=O)C[C@@H](CN)CC(C)C)cc1. The number of benzene rings is 1. The van der Waals surface area contributed by atoms with Gasteiger partial charge in [0, 0.05) is 13.0 Å². The van der Waals surface area contributed by atoms with Crippen molar-refractivity contribution in [1.29, 1.82) is 0 Å². The summed E-state index contributed by atoms with van der Waals surface area (Å²) in [6.45, 7) is 5.54. The number of hydrogen-bond donors (Lipinski definition) is 2. The molecule has 1 atom stereocenters. The van der Waals surface area contributed by atoms with Crippen molar-refractivity contribution in [1.82, 2.24) is 5.32 Å². The molecule has 4 heteroatoms.